The summed E-state index contributed by atoms with van der Waals surface area (Å²) in [7, 11) is 0. The van der Waals surface area contributed by atoms with Gasteiger partial charge in [-0.3, -0.25) is 10.1 Å². The lowest BCUT2D eigenvalue weighted by Gasteiger charge is -1.97. The van der Waals surface area contributed by atoms with Crippen LogP contribution in [0.3, 0.4) is 0 Å². The molecule has 2 aromatic heterocycles. The molecule has 0 radical (unpaired) electrons. The van der Waals surface area contributed by atoms with Crippen LogP contribution in [0.1, 0.15) is 15.4 Å². The van der Waals surface area contributed by atoms with Gasteiger partial charge in [0, 0.05) is 0 Å². The molecule has 0 bridgehead atoms. The highest BCUT2D eigenvalue weighted by molar-refractivity contribution is 7.16. The molecule has 8 heteroatoms. The highest BCUT2D eigenvalue weighted by Crippen LogP contribution is 2.23. The summed E-state index contributed by atoms with van der Waals surface area (Å²) in [6.07, 6.45) is 1.51. The quantitative estimate of drug-likeness (QED) is 0.744. The number of aliphatic hydroxyl groups is 1. The average molecular weight is 316 g/mol. The van der Waals surface area contributed by atoms with E-state index in [0.717, 1.165) is 0 Å². The van der Waals surface area contributed by atoms with Gasteiger partial charge in [0.15, 0.2) is 5.13 Å². The van der Waals surface area contributed by atoms with Gasteiger partial charge in [-0.2, -0.15) is 0 Å². The standard InChI is InChI=1S/C11H7Cl2N3O2S/c12-7-4-8(15-9(7)13)10(18)16-11-14-5-6(19-11)2-1-3-17/h4-5,15,17H,3H2,(H,14,16,18). The van der Waals surface area contributed by atoms with Gasteiger partial charge in [0.1, 0.15) is 17.5 Å². The Bertz CT molecular complexity index is 650. The number of H-pyrrole nitrogens is 1. The number of carbonyl (C=O) groups is 1. The zero-order chi connectivity index (χ0) is 13.8. The highest BCUT2D eigenvalue weighted by atomic mass is 35.5. The Hall–Kier alpha value is -1.52. The van der Waals surface area contributed by atoms with Crippen molar-refractivity contribution in [3.63, 3.8) is 0 Å². The van der Waals surface area contributed by atoms with Gasteiger partial charge in [-0.25, -0.2) is 4.98 Å². The largest absolute Gasteiger partial charge is 0.384 e. The summed E-state index contributed by atoms with van der Waals surface area (Å²) in [5.74, 6) is 4.79. The van der Waals surface area contributed by atoms with E-state index < -0.39 is 5.91 Å². The van der Waals surface area contributed by atoms with Gasteiger partial charge in [0.2, 0.25) is 0 Å². The molecule has 2 rings (SSSR count). The van der Waals surface area contributed by atoms with Crippen molar-refractivity contribution >= 4 is 45.6 Å². The molecule has 0 fully saturated rings. The predicted octanol–water partition coefficient (Wildman–Crippen LogP) is 2.37. The Morgan fingerprint density at radius 1 is 1.58 bits per heavy atom. The highest BCUT2D eigenvalue weighted by Gasteiger charge is 2.13. The number of aromatic amines is 1. The number of halogens is 2. The Morgan fingerprint density at radius 2 is 2.37 bits per heavy atom. The number of aromatic nitrogens is 2. The summed E-state index contributed by atoms with van der Waals surface area (Å²) in [6.45, 7) is -0.223. The van der Waals surface area contributed by atoms with Crippen LogP contribution in [0, 0.1) is 11.8 Å². The van der Waals surface area contributed by atoms with Crippen LogP contribution >= 0.6 is 34.5 Å². The first-order chi connectivity index (χ1) is 9.10. The normalized spacial score (nSPS) is 9.84. The number of anilines is 1. The van der Waals surface area contributed by atoms with Crippen molar-refractivity contribution < 1.29 is 9.90 Å². The molecule has 19 heavy (non-hydrogen) atoms. The number of hydrogen-bond donors (Lipinski definition) is 3. The van der Waals surface area contributed by atoms with Gasteiger partial charge < -0.3 is 10.1 Å². The third-order valence-electron chi connectivity index (χ3n) is 1.99. The predicted molar refractivity (Wildman–Crippen MR) is 74.8 cm³/mol. The summed E-state index contributed by atoms with van der Waals surface area (Å²) < 4.78 is 0. The first-order valence-corrected chi connectivity index (χ1v) is 6.58. The van der Waals surface area contributed by atoms with Crippen molar-refractivity contribution in [1.82, 2.24) is 9.97 Å². The van der Waals surface area contributed by atoms with Crippen molar-refractivity contribution in [2.24, 2.45) is 0 Å². The summed E-state index contributed by atoms with van der Waals surface area (Å²) in [4.78, 5) is 19.1. The molecule has 98 valence electrons. The fourth-order valence-electron chi connectivity index (χ4n) is 1.21. The molecule has 2 aromatic rings. The Balaban J connectivity index is 2.08. The monoisotopic (exact) mass is 315 g/mol. The molecule has 0 spiro atoms. The van der Waals surface area contributed by atoms with Gasteiger partial charge in [0.25, 0.3) is 5.91 Å². The molecule has 1 amide bonds. The second-order valence-corrected chi connectivity index (χ2v) is 5.10. The molecule has 0 unspecified atom stereocenters. The van der Waals surface area contributed by atoms with Gasteiger partial charge in [-0.15, -0.1) is 0 Å². The smallest absolute Gasteiger partial charge is 0.273 e. The maximum Gasteiger partial charge on any atom is 0.273 e. The lowest BCUT2D eigenvalue weighted by Crippen LogP contribution is -2.11. The van der Waals surface area contributed by atoms with E-state index in [2.05, 4.69) is 27.1 Å². The molecule has 0 aliphatic carbocycles. The summed E-state index contributed by atoms with van der Waals surface area (Å²) in [5, 5.41) is 12.0. The zero-order valence-corrected chi connectivity index (χ0v) is 11.7. The molecule has 0 aromatic carbocycles. The van der Waals surface area contributed by atoms with Gasteiger partial charge in [-0.05, 0) is 6.07 Å². The van der Waals surface area contributed by atoms with E-state index in [1.54, 1.807) is 0 Å². The number of nitrogens with one attached hydrogen (secondary N) is 2. The molecular weight excluding hydrogens is 309 g/mol. The number of rotatable bonds is 2. The minimum atomic E-state index is -0.398. The number of hydrogen-bond acceptors (Lipinski definition) is 4. The van der Waals surface area contributed by atoms with E-state index in [1.807, 2.05) is 0 Å². The number of carbonyl (C=O) groups excluding carboxylic acids is 1. The molecule has 0 saturated carbocycles. The van der Waals surface area contributed by atoms with E-state index in [1.165, 1.54) is 23.6 Å². The van der Waals surface area contributed by atoms with Gasteiger partial charge in [-0.1, -0.05) is 46.4 Å². The number of amides is 1. The first-order valence-electron chi connectivity index (χ1n) is 5.01. The molecule has 0 aliphatic rings. The van der Waals surface area contributed by atoms with Crippen LogP contribution in [0.2, 0.25) is 10.2 Å². The van der Waals surface area contributed by atoms with Crippen molar-refractivity contribution in [2.45, 2.75) is 0 Å². The van der Waals surface area contributed by atoms with Crippen molar-refractivity contribution in [3.8, 4) is 11.8 Å². The van der Waals surface area contributed by atoms with Crippen LogP contribution in [0.5, 0.6) is 0 Å². The summed E-state index contributed by atoms with van der Waals surface area (Å²) in [6, 6.07) is 1.43. The third kappa shape index (κ3) is 3.49. The Kier molecular flexibility index (Phi) is 4.45. The van der Waals surface area contributed by atoms with Crippen molar-refractivity contribution in [1.29, 1.82) is 0 Å². The molecular formula is C11H7Cl2N3O2S. The van der Waals surface area contributed by atoms with Gasteiger partial charge >= 0.3 is 0 Å². The van der Waals surface area contributed by atoms with Crippen LogP contribution in [0.15, 0.2) is 12.3 Å². The molecule has 2 heterocycles. The summed E-state index contributed by atoms with van der Waals surface area (Å²) in [5.41, 5.74) is 0.244. The molecule has 3 N–H and O–H groups in total. The second-order valence-electron chi connectivity index (χ2n) is 3.29. The molecule has 0 saturated heterocycles. The zero-order valence-electron chi connectivity index (χ0n) is 9.33. The number of aliphatic hydroxyl groups excluding tert-OH is 1. The second kappa shape index (κ2) is 6.08. The number of thiazole rings is 1. The minimum absolute atomic E-state index is 0.209. The fourth-order valence-corrected chi connectivity index (χ4v) is 2.21. The van der Waals surface area contributed by atoms with Crippen LogP contribution in [-0.2, 0) is 0 Å². The molecule has 0 aliphatic heterocycles. The van der Waals surface area contributed by atoms with E-state index in [-0.39, 0.29) is 22.5 Å². The Morgan fingerprint density at radius 3 is 3.00 bits per heavy atom. The topological polar surface area (TPSA) is 78.0 Å². The van der Waals surface area contributed by atoms with Crippen molar-refractivity contribution in [3.05, 3.63) is 33.0 Å². The van der Waals surface area contributed by atoms with Crippen LogP contribution in [0.4, 0.5) is 5.13 Å². The first kappa shape index (κ1) is 13.9. The lowest BCUT2D eigenvalue weighted by atomic mass is 10.4. The van der Waals surface area contributed by atoms with E-state index in [4.69, 9.17) is 28.3 Å². The van der Waals surface area contributed by atoms with E-state index in [9.17, 15) is 4.79 Å². The maximum absolute atomic E-state index is 11.8. The van der Waals surface area contributed by atoms with Gasteiger partial charge in [0.05, 0.1) is 16.1 Å². The lowest BCUT2D eigenvalue weighted by molar-refractivity contribution is 0.102. The van der Waals surface area contributed by atoms with Crippen LogP contribution < -0.4 is 5.32 Å². The average Bonchev–Trinajstić information content (AvgIpc) is 2.95. The minimum Gasteiger partial charge on any atom is -0.384 e. The van der Waals surface area contributed by atoms with E-state index >= 15 is 0 Å². The molecule has 5 nitrogen and oxygen atoms in total. The van der Waals surface area contributed by atoms with E-state index in [0.29, 0.717) is 10.0 Å². The SMILES string of the molecule is O=C(Nc1ncc(C#CCO)s1)c1cc(Cl)c(Cl)[nH]1. The molecule has 0 atom stereocenters. The summed E-state index contributed by atoms with van der Waals surface area (Å²) >= 11 is 12.7. The van der Waals surface area contributed by atoms with Crippen LogP contribution in [0.25, 0.3) is 0 Å². The third-order valence-corrected chi connectivity index (χ3v) is 3.51. The van der Waals surface area contributed by atoms with Crippen molar-refractivity contribution in [2.75, 3.05) is 11.9 Å². The van der Waals surface area contributed by atoms with Crippen LogP contribution in [-0.4, -0.2) is 27.6 Å². The maximum atomic E-state index is 11.8. The Labute approximate surface area is 122 Å². The fraction of sp³-hybridized carbons (Fsp3) is 0.0909. The number of nitrogens with zero attached hydrogens (tertiary/aromatic N) is 1.